The van der Waals surface area contributed by atoms with Gasteiger partial charge in [-0.15, -0.1) is 0 Å². The second-order valence-electron chi connectivity index (χ2n) is 5.00. The number of furan rings is 1. The zero-order valence-electron chi connectivity index (χ0n) is 12.5. The fourth-order valence-corrected chi connectivity index (χ4v) is 2.77. The summed E-state index contributed by atoms with van der Waals surface area (Å²) in [4.78, 5) is 0. The minimum atomic E-state index is 0.0346. The van der Waals surface area contributed by atoms with Crippen molar-refractivity contribution in [2.45, 2.75) is 0 Å². The van der Waals surface area contributed by atoms with Gasteiger partial charge in [0, 0.05) is 21.7 Å². The number of hydrogen-bond donors (Lipinski definition) is 2. The van der Waals surface area contributed by atoms with Crippen LogP contribution < -0.4 is 5.73 Å². The largest absolute Gasteiger partial charge is 0.457 e. The van der Waals surface area contributed by atoms with Crippen LogP contribution >= 0.6 is 23.2 Å². The van der Waals surface area contributed by atoms with Crippen molar-refractivity contribution in [3.8, 4) is 23.5 Å². The van der Waals surface area contributed by atoms with Crippen LogP contribution in [0.15, 0.2) is 34.7 Å². The summed E-state index contributed by atoms with van der Waals surface area (Å²) in [5.41, 5.74) is 6.83. The van der Waals surface area contributed by atoms with Crippen molar-refractivity contribution < 1.29 is 4.42 Å². The maximum Gasteiger partial charge on any atom is 0.163 e. The number of nitrogens with zero attached hydrogens (tertiary/aromatic N) is 3. The Kier molecular flexibility index (Phi) is 4.49. The van der Waals surface area contributed by atoms with Gasteiger partial charge in [-0.3, -0.25) is 5.10 Å². The average Bonchev–Trinajstić information content (AvgIpc) is 3.18. The maximum absolute atomic E-state index is 9.37. The summed E-state index contributed by atoms with van der Waals surface area (Å²) in [6.45, 7) is 0. The number of halogens is 2. The third-order valence-electron chi connectivity index (χ3n) is 3.36. The van der Waals surface area contributed by atoms with Crippen LogP contribution in [0.1, 0.15) is 17.0 Å². The summed E-state index contributed by atoms with van der Waals surface area (Å²) in [5, 5.41) is 25.8. The molecule has 2 heterocycles. The van der Waals surface area contributed by atoms with E-state index in [1.165, 1.54) is 6.08 Å². The van der Waals surface area contributed by atoms with Gasteiger partial charge in [-0.05, 0) is 30.3 Å². The van der Waals surface area contributed by atoms with Crippen molar-refractivity contribution in [2.24, 2.45) is 0 Å². The third kappa shape index (κ3) is 3.36. The molecule has 8 heteroatoms. The molecule has 0 unspecified atom stereocenters. The summed E-state index contributed by atoms with van der Waals surface area (Å²) < 4.78 is 5.72. The normalized spacial score (nSPS) is 11.1. The second-order valence-corrected chi connectivity index (χ2v) is 5.87. The molecule has 6 nitrogen and oxygen atoms in total. The van der Waals surface area contributed by atoms with Gasteiger partial charge in [0.05, 0.1) is 11.3 Å². The van der Waals surface area contributed by atoms with Crippen molar-refractivity contribution >= 4 is 40.7 Å². The zero-order valence-corrected chi connectivity index (χ0v) is 14.1. The molecule has 3 rings (SSSR count). The van der Waals surface area contributed by atoms with Crippen molar-refractivity contribution in [1.82, 2.24) is 10.2 Å². The number of aromatic amines is 1. The third-order valence-corrected chi connectivity index (χ3v) is 3.79. The Bertz CT molecular complexity index is 1050. The molecule has 122 valence electrons. The summed E-state index contributed by atoms with van der Waals surface area (Å²) in [7, 11) is 0. The summed E-state index contributed by atoms with van der Waals surface area (Å²) in [6, 6.07) is 12.4. The van der Waals surface area contributed by atoms with Gasteiger partial charge in [0.1, 0.15) is 29.2 Å². The summed E-state index contributed by atoms with van der Waals surface area (Å²) in [5.74, 6) is 0.990. The first-order chi connectivity index (χ1) is 12.0. The van der Waals surface area contributed by atoms with Crippen molar-refractivity contribution in [1.29, 1.82) is 10.5 Å². The monoisotopic (exact) mass is 369 g/mol. The van der Waals surface area contributed by atoms with E-state index in [1.807, 2.05) is 12.1 Å². The zero-order chi connectivity index (χ0) is 18.0. The van der Waals surface area contributed by atoms with E-state index in [-0.39, 0.29) is 22.6 Å². The molecule has 0 spiro atoms. The topological polar surface area (TPSA) is 115 Å². The van der Waals surface area contributed by atoms with Gasteiger partial charge in [-0.25, -0.2) is 0 Å². The Labute approximate surface area is 152 Å². The van der Waals surface area contributed by atoms with Crippen LogP contribution in [0.5, 0.6) is 0 Å². The lowest BCUT2D eigenvalue weighted by atomic mass is 10.1. The Morgan fingerprint density at radius 1 is 1.20 bits per heavy atom. The lowest BCUT2D eigenvalue weighted by Crippen LogP contribution is -1.89. The highest BCUT2D eigenvalue weighted by Gasteiger charge is 2.15. The quantitative estimate of drug-likeness (QED) is 0.659. The van der Waals surface area contributed by atoms with E-state index in [0.717, 1.165) is 0 Å². The molecule has 2 aromatic heterocycles. The van der Waals surface area contributed by atoms with E-state index in [9.17, 15) is 5.26 Å². The van der Waals surface area contributed by atoms with Crippen molar-refractivity contribution in [3.63, 3.8) is 0 Å². The lowest BCUT2D eigenvalue weighted by Gasteiger charge is -1.99. The van der Waals surface area contributed by atoms with Crippen LogP contribution in [0.2, 0.25) is 10.0 Å². The van der Waals surface area contributed by atoms with Crippen LogP contribution in [0.25, 0.3) is 23.0 Å². The highest BCUT2D eigenvalue weighted by atomic mass is 35.5. The van der Waals surface area contributed by atoms with Crippen LogP contribution in [-0.2, 0) is 0 Å². The average molecular weight is 370 g/mol. The first kappa shape index (κ1) is 16.7. The van der Waals surface area contributed by atoms with Gasteiger partial charge < -0.3 is 10.2 Å². The van der Waals surface area contributed by atoms with Crippen LogP contribution in [0.4, 0.5) is 5.82 Å². The van der Waals surface area contributed by atoms with Gasteiger partial charge in [0.25, 0.3) is 0 Å². The molecule has 0 saturated heterocycles. The highest BCUT2D eigenvalue weighted by Crippen LogP contribution is 2.30. The molecule has 0 atom stereocenters. The van der Waals surface area contributed by atoms with Gasteiger partial charge in [-0.1, -0.05) is 23.2 Å². The minimum absolute atomic E-state index is 0.0346. The maximum atomic E-state index is 9.37. The van der Waals surface area contributed by atoms with Gasteiger partial charge in [0.2, 0.25) is 0 Å². The molecular weight excluding hydrogens is 361 g/mol. The van der Waals surface area contributed by atoms with E-state index in [0.29, 0.717) is 27.1 Å². The molecule has 3 aromatic rings. The van der Waals surface area contributed by atoms with Gasteiger partial charge in [-0.2, -0.15) is 15.6 Å². The van der Waals surface area contributed by atoms with E-state index in [4.69, 9.17) is 38.6 Å². The number of nitrogens with two attached hydrogens (primary N) is 1. The number of hydrogen-bond acceptors (Lipinski definition) is 5. The second kappa shape index (κ2) is 6.74. The standard InChI is InChI=1S/C17H9Cl2N5O/c18-11-3-9(4-12(19)6-11)15-2-1-13(25-15)5-10(7-20)16-14(8-21)17(22)24-23-16/h1-6H,(H3,22,23,24)/b10-5+. The predicted octanol–water partition coefficient (Wildman–Crippen LogP) is 4.49. The smallest absolute Gasteiger partial charge is 0.163 e. The molecule has 0 aliphatic heterocycles. The molecule has 25 heavy (non-hydrogen) atoms. The first-order valence-electron chi connectivity index (χ1n) is 6.94. The van der Waals surface area contributed by atoms with Crippen molar-refractivity contribution in [2.75, 3.05) is 5.73 Å². The van der Waals surface area contributed by atoms with Crippen LogP contribution in [-0.4, -0.2) is 10.2 Å². The van der Waals surface area contributed by atoms with Gasteiger partial charge in [0.15, 0.2) is 5.82 Å². The SMILES string of the molecule is N#C/C(=C\c1ccc(-c2cc(Cl)cc(Cl)c2)o1)c1[nH]nc(N)c1C#N. The number of allylic oxidation sites excluding steroid dienone is 1. The molecule has 0 saturated carbocycles. The number of aromatic nitrogens is 2. The molecule has 0 amide bonds. The Hall–Kier alpha value is -3.19. The molecule has 0 bridgehead atoms. The van der Waals surface area contributed by atoms with Crippen LogP contribution in [0, 0.1) is 22.7 Å². The Balaban J connectivity index is 2.00. The molecule has 0 aliphatic rings. The minimum Gasteiger partial charge on any atom is -0.457 e. The van der Waals surface area contributed by atoms with E-state index in [2.05, 4.69) is 10.2 Å². The molecule has 1 aromatic carbocycles. The summed E-state index contributed by atoms with van der Waals surface area (Å²) >= 11 is 12.0. The number of nitrogens with one attached hydrogen (secondary N) is 1. The molecule has 3 N–H and O–H groups in total. The first-order valence-corrected chi connectivity index (χ1v) is 7.70. The number of H-pyrrole nitrogens is 1. The van der Waals surface area contributed by atoms with E-state index < -0.39 is 0 Å². The number of anilines is 1. The molecule has 0 radical (unpaired) electrons. The van der Waals surface area contributed by atoms with E-state index in [1.54, 1.807) is 30.3 Å². The van der Waals surface area contributed by atoms with Crippen LogP contribution in [0.3, 0.4) is 0 Å². The number of benzene rings is 1. The fraction of sp³-hybridized carbons (Fsp3) is 0. The van der Waals surface area contributed by atoms with Gasteiger partial charge >= 0.3 is 0 Å². The lowest BCUT2D eigenvalue weighted by molar-refractivity contribution is 0.572. The fourth-order valence-electron chi connectivity index (χ4n) is 2.25. The predicted molar refractivity (Wildman–Crippen MR) is 95.4 cm³/mol. The number of nitrogen functional groups attached to an aromatic ring is 1. The Morgan fingerprint density at radius 3 is 2.56 bits per heavy atom. The van der Waals surface area contributed by atoms with Crippen molar-refractivity contribution in [3.05, 3.63) is 57.4 Å². The number of rotatable bonds is 3. The Morgan fingerprint density at radius 2 is 1.92 bits per heavy atom. The molecule has 0 aliphatic carbocycles. The summed E-state index contributed by atoms with van der Waals surface area (Å²) in [6.07, 6.45) is 1.49. The molecule has 0 fully saturated rings. The molecular formula is C17H9Cl2N5O. The highest BCUT2D eigenvalue weighted by molar-refractivity contribution is 6.35. The van der Waals surface area contributed by atoms with E-state index >= 15 is 0 Å². The number of nitriles is 2.